The molecule has 1 saturated heterocycles. The van der Waals surface area contributed by atoms with Crippen molar-refractivity contribution < 1.29 is 14.7 Å². The van der Waals surface area contributed by atoms with Gasteiger partial charge in [0.2, 0.25) is 5.91 Å². The number of rotatable bonds is 4. The summed E-state index contributed by atoms with van der Waals surface area (Å²) >= 11 is 0. The molecule has 7 nitrogen and oxygen atoms in total. The molecular formula is C13H20N4O3. The number of carbonyl (C=O) groups is 2. The molecule has 20 heavy (non-hydrogen) atoms. The molecule has 1 aromatic rings. The lowest BCUT2D eigenvalue weighted by molar-refractivity contribution is -0.135. The van der Waals surface area contributed by atoms with E-state index in [1.807, 2.05) is 11.8 Å². The number of amides is 1. The van der Waals surface area contributed by atoms with Gasteiger partial charge in [-0.3, -0.25) is 4.79 Å². The van der Waals surface area contributed by atoms with Crippen molar-refractivity contribution in [1.82, 2.24) is 19.9 Å². The van der Waals surface area contributed by atoms with Crippen LogP contribution in [-0.2, 0) is 11.2 Å². The summed E-state index contributed by atoms with van der Waals surface area (Å²) in [6.45, 7) is 5.12. The van der Waals surface area contributed by atoms with Crippen LogP contribution in [0.15, 0.2) is 0 Å². The molecule has 1 aliphatic heterocycles. The zero-order valence-electron chi connectivity index (χ0n) is 11.9. The summed E-state index contributed by atoms with van der Waals surface area (Å²) in [5.41, 5.74) is 0.432. The molecule has 1 amide bonds. The first kappa shape index (κ1) is 14.5. The van der Waals surface area contributed by atoms with Crippen molar-refractivity contribution in [1.29, 1.82) is 0 Å². The van der Waals surface area contributed by atoms with Gasteiger partial charge in [-0.2, -0.15) is 0 Å². The first-order chi connectivity index (χ1) is 9.56. The maximum absolute atomic E-state index is 12.4. The molecule has 1 aliphatic rings. The van der Waals surface area contributed by atoms with Crippen molar-refractivity contribution in [3.63, 3.8) is 0 Å². The van der Waals surface area contributed by atoms with Gasteiger partial charge in [-0.15, -0.1) is 5.10 Å². The number of hydrogen-bond donors (Lipinski definition) is 1. The third kappa shape index (κ3) is 2.66. The van der Waals surface area contributed by atoms with Crippen LogP contribution in [0.2, 0.25) is 0 Å². The molecule has 1 aromatic heterocycles. The number of hydrogen-bond acceptors (Lipinski definition) is 4. The van der Waals surface area contributed by atoms with Crippen molar-refractivity contribution in [2.24, 2.45) is 0 Å². The number of nitrogens with zero attached hydrogens (tertiary/aromatic N) is 4. The summed E-state index contributed by atoms with van der Waals surface area (Å²) in [4.78, 5) is 25.3. The second kappa shape index (κ2) is 6.02. The number of carbonyl (C=O) groups excluding carboxylic acids is 1. The molecule has 0 aliphatic carbocycles. The Kier molecular flexibility index (Phi) is 4.36. The van der Waals surface area contributed by atoms with E-state index in [9.17, 15) is 9.59 Å². The Balaban J connectivity index is 2.21. The molecule has 0 radical (unpaired) electrons. The van der Waals surface area contributed by atoms with Crippen molar-refractivity contribution in [3.8, 4) is 0 Å². The number of aromatic nitrogens is 3. The van der Waals surface area contributed by atoms with Crippen LogP contribution in [-0.4, -0.2) is 50.0 Å². The summed E-state index contributed by atoms with van der Waals surface area (Å²) in [5, 5.41) is 16.6. The van der Waals surface area contributed by atoms with Crippen LogP contribution in [0.3, 0.4) is 0 Å². The van der Waals surface area contributed by atoms with Crippen LogP contribution in [0.4, 0.5) is 0 Å². The number of carboxylic acids is 1. The number of carboxylic acid groups (broad SMARTS) is 1. The predicted molar refractivity (Wildman–Crippen MR) is 71.5 cm³/mol. The third-order valence-corrected chi connectivity index (χ3v) is 3.72. The molecule has 1 N–H and O–H groups in total. The average molecular weight is 280 g/mol. The van der Waals surface area contributed by atoms with E-state index in [0.29, 0.717) is 12.1 Å². The molecule has 2 heterocycles. The van der Waals surface area contributed by atoms with E-state index < -0.39 is 12.0 Å². The van der Waals surface area contributed by atoms with Crippen LogP contribution >= 0.6 is 0 Å². The maximum atomic E-state index is 12.4. The Morgan fingerprint density at radius 2 is 1.95 bits per heavy atom. The van der Waals surface area contributed by atoms with Gasteiger partial charge in [0.25, 0.3) is 0 Å². The van der Waals surface area contributed by atoms with Crippen LogP contribution < -0.4 is 0 Å². The maximum Gasteiger partial charge on any atom is 0.358 e. The van der Waals surface area contributed by atoms with E-state index in [4.69, 9.17) is 5.11 Å². The van der Waals surface area contributed by atoms with Crippen molar-refractivity contribution >= 4 is 11.9 Å². The van der Waals surface area contributed by atoms with Gasteiger partial charge in [0.1, 0.15) is 6.04 Å². The minimum atomic E-state index is -1.11. The molecule has 2 rings (SSSR count). The highest BCUT2D eigenvalue weighted by Crippen LogP contribution is 2.18. The van der Waals surface area contributed by atoms with Crippen LogP contribution in [0.5, 0.6) is 0 Å². The largest absolute Gasteiger partial charge is 0.476 e. The Hall–Kier alpha value is -1.92. The summed E-state index contributed by atoms with van der Waals surface area (Å²) in [6, 6.07) is -0.511. The van der Waals surface area contributed by atoms with Gasteiger partial charge in [0.15, 0.2) is 5.69 Å². The molecule has 7 heteroatoms. The molecule has 0 aromatic carbocycles. The molecule has 0 bridgehead atoms. The van der Waals surface area contributed by atoms with E-state index in [2.05, 4.69) is 10.3 Å². The number of aromatic carboxylic acids is 1. The zero-order chi connectivity index (χ0) is 14.7. The van der Waals surface area contributed by atoms with Crippen molar-refractivity contribution in [3.05, 3.63) is 11.4 Å². The normalized spacial score (nSPS) is 17.0. The van der Waals surface area contributed by atoms with Gasteiger partial charge in [-0.25, -0.2) is 9.48 Å². The van der Waals surface area contributed by atoms with E-state index >= 15 is 0 Å². The summed E-state index contributed by atoms with van der Waals surface area (Å²) in [5.74, 6) is -1.12. The zero-order valence-corrected chi connectivity index (χ0v) is 11.9. The van der Waals surface area contributed by atoms with Gasteiger partial charge in [0.05, 0.1) is 5.69 Å². The van der Waals surface area contributed by atoms with E-state index in [-0.39, 0.29) is 11.6 Å². The Morgan fingerprint density at radius 3 is 2.50 bits per heavy atom. The minimum Gasteiger partial charge on any atom is -0.476 e. The molecule has 1 unspecified atom stereocenters. The van der Waals surface area contributed by atoms with E-state index in [1.165, 1.54) is 4.68 Å². The monoisotopic (exact) mass is 280 g/mol. The molecule has 1 fully saturated rings. The van der Waals surface area contributed by atoms with Crippen LogP contribution in [0.1, 0.15) is 55.3 Å². The number of likely N-dealkylation sites (tertiary alicyclic amines) is 1. The molecule has 110 valence electrons. The van der Waals surface area contributed by atoms with E-state index in [1.54, 1.807) is 6.92 Å². The molecule has 0 spiro atoms. The summed E-state index contributed by atoms with van der Waals surface area (Å²) in [6.07, 6.45) is 3.69. The highest BCUT2D eigenvalue weighted by molar-refractivity contribution is 5.87. The first-order valence-electron chi connectivity index (χ1n) is 7.02. The van der Waals surface area contributed by atoms with Gasteiger partial charge >= 0.3 is 5.97 Å². The number of piperidine rings is 1. The quantitative estimate of drug-likeness (QED) is 0.892. The average Bonchev–Trinajstić information content (AvgIpc) is 2.90. The lowest BCUT2D eigenvalue weighted by atomic mass is 10.1. The topological polar surface area (TPSA) is 88.3 Å². The third-order valence-electron chi connectivity index (χ3n) is 3.72. The fourth-order valence-electron chi connectivity index (χ4n) is 2.60. The molecular weight excluding hydrogens is 260 g/mol. The van der Waals surface area contributed by atoms with Crippen molar-refractivity contribution in [2.75, 3.05) is 13.1 Å². The van der Waals surface area contributed by atoms with Gasteiger partial charge in [0, 0.05) is 13.1 Å². The fourth-order valence-corrected chi connectivity index (χ4v) is 2.60. The second-order valence-corrected chi connectivity index (χ2v) is 5.05. The summed E-state index contributed by atoms with van der Waals surface area (Å²) in [7, 11) is 0. The standard InChI is InChI=1S/C13H20N4O3/c1-3-10-11(13(19)20)14-15-17(10)9(2)12(18)16-7-5-4-6-8-16/h9H,3-8H2,1-2H3,(H,19,20). The predicted octanol–water partition coefficient (Wildman–Crippen LogP) is 1.11. The lowest BCUT2D eigenvalue weighted by Crippen LogP contribution is -2.40. The SMILES string of the molecule is CCc1c(C(=O)O)nnn1C(C)C(=O)N1CCCCC1. The van der Waals surface area contributed by atoms with Crippen LogP contribution in [0, 0.1) is 0 Å². The molecule has 0 saturated carbocycles. The van der Waals surface area contributed by atoms with Gasteiger partial charge in [-0.05, 0) is 32.6 Å². The summed E-state index contributed by atoms with van der Waals surface area (Å²) < 4.78 is 1.44. The highest BCUT2D eigenvalue weighted by Gasteiger charge is 2.28. The second-order valence-electron chi connectivity index (χ2n) is 5.05. The minimum absolute atomic E-state index is 0.0127. The van der Waals surface area contributed by atoms with E-state index in [0.717, 1.165) is 32.4 Å². The smallest absolute Gasteiger partial charge is 0.358 e. The first-order valence-corrected chi connectivity index (χ1v) is 7.02. The highest BCUT2D eigenvalue weighted by atomic mass is 16.4. The van der Waals surface area contributed by atoms with Gasteiger partial charge < -0.3 is 10.0 Å². The van der Waals surface area contributed by atoms with Gasteiger partial charge in [-0.1, -0.05) is 12.1 Å². The fraction of sp³-hybridized carbons (Fsp3) is 0.692. The Bertz CT molecular complexity index is 506. The van der Waals surface area contributed by atoms with Crippen LogP contribution in [0.25, 0.3) is 0 Å². The van der Waals surface area contributed by atoms with Crippen molar-refractivity contribution in [2.45, 2.75) is 45.6 Å². The lowest BCUT2D eigenvalue weighted by Gasteiger charge is -2.29. The molecule has 1 atom stereocenters. The Labute approximate surface area is 117 Å². The Morgan fingerprint density at radius 1 is 1.30 bits per heavy atom.